The second kappa shape index (κ2) is 8.66. The molecule has 0 amide bonds. The lowest BCUT2D eigenvalue weighted by atomic mass is 9.99. The van der Waals surface area contributed by atoms with Crippen molar-refractivity contribution < 1.29 is 39.1 Å². The molecule has 9 nitrogen and oxygen atoms in total. The standard InChI is InChI=1S/C22H22O9/c1-28-21-17(10-23)31-22(20(27)19(21)26)30-15-4-2-3-14-18(15)13(25)9-16(29-14)11-5-7-12(24)8-6-11/h2-9,17,19-24,26-27H,10H2,1H3/t17-,19-,20-,21-,22-/m1/s1. The molecule has 0 saturated carbocycles. The zero-order valence-electron chi connectivity index (χ0n) is 16.5. The van der Waals surface area contributed by atoms with Crippen molar-refractivity contribution in [2.75, 3.05) is 13.7 Å². The number of ether oxygens (including phenoxy) is 3. The number of aliphatic hydroxyl groups excluding tert-OH is 3. The van der Waals surface area contributed by atoms with Crippen LogP contribution in [0.1, 0.15) is 0 Å². The Hall–Kier alpha value is -2.95. The summed E-state index contributed by atoms with van der Waals surface area (Å²) in [5, 5.41) is 39.8. The Balaban J connectivity index is 1.69. The summed E-state index contributed by atoms with van der Waals surface area (Å²) >= 11 is 0. The molecule has 1 aliphatic heterocycles. The van der Waals surface area contributed by atoms with Crippen molar-refractivity contribution in [3.63, 3.8) is 0 Å². The molecule has 2 heterocycles. The van der Waals surface area contributed by atoms with Crippen LogP contribution in [0.4, 0.5) is 0 Å². The monoisotopic (exact) mass is 430 g/mol. The van der Waals surface area contributed by atoms with E-state index in [1.807, 2.05) is 0 Å². The molecule has 0 radical (unpaired) electrons. The average Bonchev–Trinajstić information content (AvgIpc) is 2.77. The van der Waals surface area contributed by atoms with Crippen LogP contribution in [0.25, 0.3) is 22.3 Å². The Morgan fingerprint density at radius 2 is 1.81 bits per heavy atom. The van der Waals surface area contributed by atoms with Gasteiger partial charge in [0.25, 0.3) is 0 Å². The van der Waals surface area contributed by atoms with E-state index < -0.39 is 37.3 Å². The second-order valence-electron chi connectivity index (χ2n) is 7.18. The minimum Gasteiger partial charge on any atom is -0.508 e. The van der Waals surface area contributed by atoms with Crippen molar-refractivity contribution in [3.05, 3.63) is 58.8 Å². The molecule has 1 fully saturated rings. The summed E-state index contributed by atoms with van der Waals surface area (Å²) in [6, 6.07) is 12.2. The predicted octanol–water partition coefficient (Wildman–Crippen LogP) is 0.998. The topological polar surface area (TPSA) is 139 Å². The molecule has 4 rings (SSSR count). The van der Waals surface area contributed by atoms with Gasteiger partial charge < -0.3 is 39.1 Å². The van der Waals surface area contributed by atoms with Gasteiger partial charge in [-0.2, -0.15) is 0 Å². The summed E-state index contributed by atoms with van der Waals surface area (Å²) in [7, 11) is 1.33. The van der Waals surface area contributed by atoms with Crippen LogP contribution in [-0.4, -0.2) is 64.8 Å². The molecule has 4 N–H and O–H groups in total. The van der Waals surface area contributed by atoms with Gasteiger partial charge in [-0.25, -0.2) is 0 Å². The molecule has 164 valence electrons. The molecule has 2 aromatic carbocycles. The van der Waals surface area contributed by atoms with E-state index in [1.165, 1.54) is 31.4 Å². The molecular formula is C22H22O9. The molecule has 1 aromatic heterocycles. The quantitative estimate of drug-likeness (QED) is 0.467. The molecule has 9 heteroatoms. The number of fused-ring (bicyclic) bond motifs is 1. The summed E-state index contributed by atoms with van der Waals surface area (Å²) < 4.78 is 22.2. The second-order valence-corrected chi connectivity index (χ2v) is 7.18. The van der Waals surface area contributed by atoms with E-state index in [-0.39, 0.29) is 27.9 Å². The first-order chi connectivity index (χ1) is 14.9. The smallest absolute Gasteiger partial charge is 0.229 e. The van der Waals surface area contributed by atoms with E-state index in [0.717, 1.165) is 0 Å². The summed E-state index contributed by atoms with van der Waals surface area (Å²) in [5.41, 5.74) is 0.459. The number of aliphatic hydroxyl groups is 3. The van der Waals surface area contributed by atoms with Crippen LogP contribution in [0.2, 0.25) is 0 Å². The number of phenolic OH excluding ortho intramolecular Hbond substituents is 1. The molecule has 3 aromatic rings. The number of rotatable bonds is 5. The highest BCUT2D eigenvalue weighted by Gasteiger charge is 2.46. The number of methoxy groups -OCH3 is 1. The summed E-state index contributed by atoms with van der Waals surface area (Å²) in [6.45, 7) is -0.462. The van der Waals surface area contributed by atoms with Crippen molar-refractivity contribution >= 4 is 11.0 Å². The largest absolute Gasteiger partial charge is 0.508 e. The van der Waals surface area contributed by atoms with Gasteiger partial charge in [0.2, 0.25) is 6.29 Å². The van der Waals surface area contributed by atoms with E-state index in [9.17, 15) is 25.2 Å². The van der Waals surface area contributed by atoms with Gasteiger partial charge in [-0.05, 0) is 36.4 Å². The molecule has 31 heavy (non-hydrogen) atoms. The Bertz CT molecular complexity index is 1110. The predicted molar refractivity (Wildman–Crippen MR) is 109 cm³/mol. The first-order valence-corrected chi connectivity index (χ1v) is 9.61. The minimum atomic E-state index is -1.48. The fourth-order valence-corrected chi connectivity index (χ4v) is 3.61. The molecule has 1 saturated heterocycles. The molecule has 0 aliphatic carbocycles. The molecule has 5 atom stereocenters. The Kier molecular flexibility index (Phi) is 5.94. The SMILES string of the molecule is CO[C@H]1[C@H](O)[C@@H](O)[C@H](Oc2cccc3oc(-c4ccc(O)cc4)cc(=O)c23)O[C@@H]1CO. The highest BCUT2D eigenvalue weighted by molar-refractivity contribution is 5.84. The highest BCUT2D eigenvalue weighted by Crippen LogP contribution is 2.31. The molecule has 0 spiro atoms. The van der Waals surface area contributed by atoms with Gasteiger partial charge in [0.05, 0.1) is 6.61 Å². The van der Waals surface area contributed by atoms with E-state index in [1.54, 1.807) is 24.3 Å². The van der Waals surface area contributed by atoms with Gasteiger partial charge in [0.15, 0.2) is 5.43 Å². The number of hydrogen-bond donors (Lipinski definition) is 4. The van der Waals surface area contributed by atoms with Crippen molar-refractivity contribution in [2.24, 2.45) is 0 Å². The fourth-order valence-electron chi connectivity index (χ4n) is 3.61. The maximum atomic E-state index is 12.9. The number of hydrogen-bond acceptors (Lipinski definition) is 9. The van der Waals surface area contributed by atoms with Gasteiger partial charge in [-0.15, -0.1) is 0 Å². The third-order valence-corrected chi connectivity index (χ3v) is 5.20. The molecule has 0 unspecified atom stereocenters. The summed E-state index contributed by atoms with van der Waals surface area (Å²) in [5.74, 6) is 0.488. The van der Waals surface area contributed by atoms with Crippen molar-refractivity contribution in [1.82, 2.24) is 0 Å². The third-order valence-electron chi connectivity index (χ3n) is 5.20. The first-order valence-electron chi connectivity index (χ1n) is 9.61. The maximum absolute atomic E-state index is 12.9. The van der Waals surface area contributed by atoms with Crippen molar-refractivity contribution in [3.8, 4) is 22.8 Å². The summed E-state index contributed by atoms with van der Waals surface area (Å²) in [4.78, 5) is 12.9. The number of aromatic hydroxyl groups is 1. The lowest BCUT2D eigenvalue weighted by molar-refractivity contribution is -0.281. The maximum Gasteiger partial charge on any atom is 0.229 e. The molecule has 0 bridgehead atoms. The highest BCUT2D eigenvalue weighted by atomic mass is 16.7. The van der Waals surface area contributed by atoms with E-state index in [0.29, 0.717) is 11.3 Å². The van der Waals surface area contributed by atoms with Crippen LogP contribution < -0.4 is 10.2 Å². The van der Waals surface area contributed by atoms with Crippen LogP contribution in [0.5, 0.6) is 11.5 Å². The number of benzene rings is 2. The number of phenols is 1. The van der Waals surface area contributed by atoms with Gasteiger partial charge in [-0.3, -0.25) is 4.79 Å². The molecule has 1 aliphatic rings. The van der Waals surface area contributed by atoms with Crippen LogP contribution in [0.15, 0.2) is 57.7 Å². The zero-order chi connectivity index (χ0) is 22.1. The fraction of sp³-hybridized carbons (Fsp3) is 0.318. The van der Waals surface area contributed by atoms with Crippen LogP contribution >= 0.6 is 0 Å². The Morgan fingerprint density at radius 1 is 1.06 bits per heavy atom. The van der Waals surface area contributed by atoms with Crippen molar-refractivity contribution in [2.45, 2.75) is 30.7 Å². The van der Waals surface area contributed by atoms with E-state index in [4.69, 9.17) is 18.6 Å². The van der Waals surface area contributed by atoms with Crippen LogP contribution in [0.3, 0.4) is 0 Å². The van der Waals surface area contributed by atoms with E-state index in [2.05, 4.69) is 0 Å². The Morgan fingerprint density at radius 3 is 2.48 bits per heavy atom. The van der Waals surface area contributed by atoms with Crippen molar-refractivity contribution in [1.29, 1.82) is 0 Å². The summed E-state index contributed by atoms with van der Waals surface area (Å²) in [6.07, 6.45) is -6.06. The third kappa shape index (κ3) is 4.01. The lowest BCUT2D eigenvalue weighted by Crippen LogP contribution is -2.60. The van der Waals surface area contributed by atoms with E-state index >= 15 is 0 Å². The van der Waals surface area contributed by atoms with Gasteiger partial charge >= 0.3 is 0 Å². The first kappa shape index (κ1) is 21.3. The van der Waals surface area contributed by atoms with Crippen LogP contribution in [0, 0.1) is 0 Å². The van der Waals surface area contributed by atoms with Gasteiger partial charge in [0.1, 0.15) is 52.6 Å². The minimum absolute atomic E-state index is 0.0901. The normalized spacial score (nSPS) is 26.1. The Labute approximate surface area is 176 Å². The lowest BCUT2D eigenvalue weighted by Gasteiger charge is -2.41. The zero-order valence-corrected chi connectivity index (χ0v) is 16.5. The molecular weight excluding hydrogens is 408 g/mol. The van der Waals surface area contributed by atoms with Gasteiger partial charge in [0, 0.05) is 18.7 Å². The van der Waals surface area contributed by atoms with Gasteiger partial charge in [-0.1, -0.05) is 6.07 Å². The average molecular weight is 430 g/mol. The van der Waals surface area contributed by atoms with Crippen LogP contribution in [-0.2, 0) is 9.47 Å².